The third-order valence-electron chi connectivity index (χ3n) is 4.38. The van der Waals surface area contributed by atoms with Crippen molar-refractivity contribution in [1.82, 2.24) is 5.32 Å². The van der Waals surface area contributed by atoms with Crippen LogP contribution in [0.3, 0.4) is 0 Å². The summed E-state index contributed by atoms with van der Waals surface area (Å²) in [5, 5.41) is 3.06. The summed E-state index contributed by atoms with van der Waals surface area (Å²) in [7, 11) is -0.508. The van der Waals surface area contributed by atoms with Crippen LogP contribution < -0.4 is 5.32 Å². The zero-order valence-electron chi connectivity index (χ0n) is 17.3. The van der Waals surface area contributed by atoms with Gasteiger partial charge in [0.05, 0.1) is 18.5 Å². The van der Waals surface area contributed by atoms with E-state index in [1.807, 2.05) is 61.5 Å². The summed E-state index contributed by atoms with van der Waals surface area (Å²) >= 11 is 0. The normalized spacial score (nSPS) is 13.2. The lowest BCUT2D eigenvalue weighted by atomic mass is 9.99. The van der Waals surface area contributed by atoms with Crippen LogP contribution in [-0.2, 0) is 23.1 Å². The van der Waals surface area contributed by atoms with E-state index in [2.05, 4.69) is 5.32 Å². The number of benzene rings is 2. The van der Waals surface area contributed by atoms with Gasteiger partial charge in [-0.2, -0.15) is 0 Å². The van der Waals surface area contributed by atoms with E-state index >= 15 is 0 Å². The highest BCUT2D eigenvalue weighted by molar-refractivity contribution is 7.53. The van der Waals surface area contributed by atoms with E-state index in [-0.39, 0.29) is 18.9 Å². The summed E-state index contributed by atoms with van der Waals surface area (Å²) in [6.45, 7) is 3.90. The fourth-order valence-corrected chi connectivity index (χ4v) is 3.65. The molecule has 2 rings (SSSR count). The van der Waals surface area contributed by atoms with Gasteiger partial charge in [-0.3, -0.25) is 4.57 Å². The van der Waals surface area contributed by atoms with E-state index in [9.17, 15) is 9.36 Å². The lowest BCUT2D eigenvalue weighted by Gasteiger charge is -2.17. The maximum atomic E-state index is 12.5. The highest BCUT2D eigenvalue weighted by atomic mass is 31.2. The zero-order valence-corrected chi connectivity index (χ0v) is 18.1. The van der Waals surface area contributed by atoms with Crippen LogP contribution in [0.1, 0.15) is 19.4 Å². The Kier molecular flexibility index (Phi) is 8.80. The molecule has 156 valence electrons. The standard InChI is InChI=1S/C22H28NO5P/c1-5-28-22(24)21(15-17(2)23-16-29(25,26-3)27-4)20-13-11-19(12-14-20)18-9-7-6-8-10-18/h6-15,17,23H,5,16H2,1-4H3/t17-/m0/s1. The Labute approximate surface area is 172 Å². The Bertz CT molecular complexity index is 857. The number of carbonyl (C=O) groups is 1. The average molecular weight is 417 g/mol. The van der Waals surface area contributed by atoms with Crippen molar-refractivity contribution in [3.63, 3.8) is 0 Å². The monoisotopic (exact) mass is 417 g/mol. The van der Waals surface area contributed by atoms with Gasteiger partial charge in [-0.05, 0) is 30.5 Å². The molecule has 0 bridgehead atoms. The quantitative estimate of drug-likeness (QED) is 0.343. The number of ether oxygens (including phenoxy) is 1. The molecular weight excluding hydrogens is 389 g/mol. The SMILES string of the molecule is CCOC(=O)C(=C[C@H](C)NCP(=O)(OC)OC)c1ccc(-c2ccccc2)cc1. The van der Waals surface area contributed by atoms with Crippen LogP contribution in [0, 0.1) is 0 Å². The van der Waals surface area contributed by atoms with Crippen LogP contribution in [0.4, 0.5) is 0 Å². The lowest BCUT2D eigenvalue weighted by molar-refractivity contribution is -0.136. The molecule has 0 radical (unpaired) electrons. The lowest BCUT2D eigenvalue weighted by Crippen LogP contribution is -2.26. The number of hydrogen-bond donors (Lipinski definition) is 1. The molecule has 0 spiro atoms. The van der Waals surface area contributed by atoms with Crippen LogP contribution in [-0.4, -0.2) is 39.1 Å². The molecule has 0 fully saturated rings. The first-order chi connectivity index (χ1) is 13.9. The molecule has 6 nitrogen and oxygen atoms in total. The second-order valence-electron chi connectivity index (χ2n) is 6.37. The topological polar surface area (TPSA) is 73.9 Å². The van der Waals surface area contributed by atoms with Gasteiger partial charge in [0.1, 0.15) is 0 Å². The Balaban J connectivity index is 2.24. The van der Waals surface area contributed by atoms with Crippen LogP contribution in [0.15, 0.2) is 60.7 Å². The van der Waals surface area contributed by atoms with E-state index in [1.165, 1.54) is 14.2 Å². The Morgan fingerprint density at radius 2 is 1.62 bits per heavy atom. The van der Waals surface area contributed by atoms with Crippen LogP contribution in [0.25, 0.3) is 16.7 Å². The summed E-state index contributed by atoms with van der Waals surface area (Å²) in [6.07, 6.45) is 1.78. The molecular formula is C22H28NO5P. The van der Waals surface area contributed by atoms with E-state index in [4.69, 9.17) is 13.8 Å². The van der Waals surface area contributed by atoms with E-state index in [1.54, 1.807) is 13.0 Å². The van der Waals surface area contributed by atoms with E-state index in [0.717, 1.165) is 16.7 Å². The molecule has 2 aromatic rings. The summed E-state index contributed by atoms with van der Waals surface area (Å²) in [6, 6.07) is 17.5. The van der Waals surface area contributed by atoms with Crippen molar-refractivity contribution >= 4 is 19.1 Å². The van der Waals surface area contributed by atoms with Crippen LogP contribution >= 0.6 is 7.60 Å². The molecule has 0 amide bonds. The first-order valence-corrected chi connectivity index (χ1v) is 11.1. The highest BCUT2D eigenvalue weighted by Crippen LogP contribution is 2.44. The Morgan fingerprint density at radius 3 is 2.17 bits per heavy atom. The highest BCUT2D eigenvalue weighted by Gasteiger charge is 2.22. The van der Waals surface area contributed by atoms with Gasteiger partial charge in [-0.25, -0.2) is 4.79 Å². The average Bonchev–Trinajstić information content (AvgIpc) is 2.76. The van der Waals surface area contributed by atoms with Gasteiger partial charge in [0.15, 0.2) is 0 Å². The first kappa shape index (κ1) is 23.0. The van der Waals surface area contributed by atoms with Gasteiger partial charge in [0.2, 0.25) is 0 Å². The smallest absolute Gasteiger partial charge is 0.343 e. The van der Waals surface area contributed by atoms with Gasteiger partial charge >= 0.3 is 13.6 Å². The third-order valence-corrected chi connectivity index (χ3v) is 6.06. The predicted octanol–water partition coefficient (Wildman–Crippen LogP) is 4.72. The maximum absolute atomic E-state index is 12.5. The van der Waals surface area contributed by atoms with Crippen LogP contribution in [0.2, 0.25) is 0 Å². The van der Waals surface area contributed by atoms with Crippen molar-refractivity contribution < 1.29 is 23.1 Å². The molecule has 0 aromatic heterocycles. The molecule has 0 saturated heterocycles. The summed E-state index contributed by atoms with van der Waals surface area (Å²) < 4.78 is 27.3. The van der Waals surface area contributed by atoms with Gasteiger partial charge in [0.25, 0.3) is 0 Å². The van der Waals surface area contributed by atoms with Gasteiger partial charge < -0.3 is 19.1 Å². The largest absolute Gasteiger partial charge is 0.462 e. The first-order valence-electron chi connectivity index (χ1n) is 9.41. The molecule has 0 saturated carbocycles. The molecule has 0 heterocycles. The van der Waals surface area contributed by atoms with E-state index in [0.29, 0.717) is 5.57 Å². The fraction of sp³-hybridized carbons (Fsp3) is 0.318. The molecule has 29 heavy (non-hydrogen) atoms. The summed E-state index contributed by atoms with van der Waals surface area (Å²) in [4.78, 5) is 12.5. The molecule has 1 N–H and O–H groups in total. The summed E-state index contributed by atoms with van der Waals surface area (Å²) in [5.41, 5.74) is 3.35. The van der Waals surface area contributed by atoms with Crippen molar-refractivity contribution in [2.45, 2.75) is 19.9 Å². The molecule has 0 aliphatic heterocycles. The molecule has 0 unspecified atom stereocenters. The third kappa shape index (κ3) is 6.65. The molecule has 0 aliphatic rings. The zero-order chi connectivity index (χ0) is 21.3. The predicted molar refractivity (Wildman–Crippen MR) is 116 cm³/mol. The van der Waals surface area contributed by atoms with Crippen molar-refractivity contribution in [2.24, 2.45) is 0 Å². The van der Waals surface area contributed by atoms with Crippen molar-refractivity contribution in [1.29, 1.82) is 0 Å². The number of carbonyl (C=O) groups excluding carboxylic acids is 1. The second-order valence-corrected chi connectivity index (χ2v) is 8.64. The fourth-order valence-electron chi connectivity index (χ4n) is 2.73. The minimum atomic E-state index is -3.18. The minimum Gasteiger partial charge on any atom is -0.462 e. The number of nitrogens with one attached hydrogen (secondary N) is 1. The van der Waals surface area contributed by atoms with Gasteiger partial charge in [-0.15, -0.1) is 0 Å². The minimum absolute atomic E-state index is 0.0285. The van der Waals surface area contributed by atoms with Crippen molar-refractivity contribution in [3.8, 4) is 11.1 Å². The van der Waals surface area contributed by atoms with Crippen LogP contribution in [0.5, 0.6) is 0 Å². The van der Waals surface area contributed by atoms with E-state index < -0.39 is 13.6 Å². The van der Waals surface area contributed by atoms with Crippen molar-refractivity contribution in [2.75, 3.05) is 27.1 Å². The Morgan fingerprint density at radius 1 is 1.03 bits per heavy atom. The van der Waals surface area contributed by atoms with Gasteiger partial charge in [-0.1, -0.05) is 60.7 Å². The van der Waals surface area contributed by atoms with Crippen molar-refractivity contribution in [3.05, 3.63) is 66.2 Å². The number of rotatable bonds is 10. The molecule has 1 atom stereocenters. The second kappa shape index (κ2) is 11.1. The molecule has 0 aliphatic carbocycles. The summed E-state index contributed by atoms with van der Waals surface area (Å²) in [5.74, 6) is -0.407. The number of hydrogen-bond acceptors (Lipinski definition) is 6. The molecule has 2 aromatic carbocycles. The maximum Gasteiger partial charge on any atom is 0.343 e. The number of esters is 1. The molecule has 7 heteroatoms. The van der Waals surface area contributed by atoms with Gasteiger partial charge in [0, 0.05) is 20.3 Å². The Hall–Kier alpha value is -2.24.